The van der Waals surface area contributed by atoms with E-state index in [-0.39, 0.29) is 0 Å². The number of rotatable bonds is 4. The van der Waals surface area contributed by atoms with Crippen molar-refractivity contribution < 1.29 is 4.74 Å². The van der Waals surface area contributed by atoms with Gasteiger partial charge in [0, 0.05) is 0 Å². The van der Waals surface area contributed by atoms with Crippen LogP contribution in [0.3, 0.4) is 0 Å². The molecule has 0 N–H and O–H groups in total. The molecule has 0 aromatic heterocycles. The molecule has 1 nitrogen and oxygen atoms in total. The molecule has 0 aliphatic rings. The summed E-state index contributed by atoms with van der Waals surface area (Å²) in [6, 6.07) is 8.27. The van der Waals surface area contributed by atoms with Crippen LogP contribution in [-0.2, 0) is 0 Å². The van der Waals surface area contributed by atoms with Gasteiger partial charge in [-0.15, -0.1) is 0 Å². The molecular formula is C11H14OSe. The SMILES string of the molecule is CCC=C[Se]c1ccc(OC)cc1. The number of hydrogen-bond acceptors (Lipinski definition) is 1. The Morgan fingerprint density at radius 1 is 1.31 bits per heavy atom. The molecule has 70 valence electrons. The van der Waals surface area contributed by atoms with Crippen molar-refractivity contribution >= 4 is 19.4 Å². The summed E-state index contributed by atoms with van der Waals surface area (Å²) in [6.45, 7) is 2.15. The minimum absolute atomic E-state index is 0.474. The van der Waals surface area contributed by atoms with Crippen LogP contribution in [0.4, 0.5) is 0 Å². The molecule has 2 heteroatoms. The van der Waals surface area contributed by atoms with Crippen molar-refractivity contribution in [2.24, 2.45) is 0 Å². The summed E-state index contributed by atoms with van der Waals surface area (Å²) in [5.41, 5.74) is 0. The molecule has 0 spiro atoms. The van der Waals surface area contributed by atoms with Crippen LogP contribution in [0.15, 0.2) is 35.3 Å². The summed E-state index contributed by atoms with van der Waals surface area (Å²) >= 11 is 0.474. The Labute approximate surface area is 86.0 Å². The molecule has 0 heterocycles. The molecule has 13 heavy (non-hydrogen) atoms. The Hall–Kier alpha value is -0.721. The second-order valence-electron chi connectivity index (χ2n) is 2.57. The Morgan fingerprint density at radius 3 is 2.54 bits per heavy atom. The first-order valence-corrected chi connectivity index (χ1v) is 6.17. The monoisotopic (exact) mass is 242 g/mol. The number of benzene rings is 1. The Kier molecular flexibility index (Phi) is 4.66. The van der Waals surface area contributed by atoms with Gasteiger partial charge in [-0.3, -0.25) is 0 Å². The van der Waals surface area contributed by atoms with Gasteiger partial charge in [-0.1, -0.05) is 0 Å². The fourth-order valence-electron chi connectivity index (χ4n) is 0.877. The molecule has 1 rings (SSSR count). The van der Waals surface area contributed by atoms with Crippen LogP contribution >= 0.6 is 0 Å². The van der Waals surface area contributed by atoms with E-state index >= 15 is 0 Å². The Morgan fingerprint density at radius 2 is 2.00 bits per heavy atom. The zero-order valence-corrected chi connectivity index (χ0v) is 9.70. The Bertz CT molecular complexity index is 264. The van der Waals surface area contributed by atoms with Crippen LogP contribution in [0, 0.1) is 0 Å². The van der Waals surface area contributed by atoms with Crippen molar-refractivity contribution in [1.29, 1.82) is 0 Å². The standard InChI is InChI=1S/C11H14OSe/c1-3-4-9-13-11-7-5-10(12-2)6-8-11/h4-9H,3H2,1-2H3. The van der Waals surface area contributed by atoms with Crippen LogP contribution in [0.1, 0.15) is 13.3 Å². The van der Waals surface area contributed by atoms with E-state index in [0.717, 1.165) is 12.2 Å². The third kappa shape index (κ3) is 3.66. The maximum atomic E-state index is 5.08. The summed E-state index contributed by atoms with van der Waals surface area (Å²) < 4.78 is 6.47. The Balaban J connectivity index is 2.54. The number of methoxy groups -OCH3 is 1. The van der Waals surface area contributed by atoms with E-state index < -0.39 is 0 Å². The van der Waals surface area contributed by atoms with Gasteiger partial charge in [-0.25, -0.2) is 0 Å². The second-order valence-corrected chi connectivity index (χ2v) is 4.63. The van der Waals surface area contributed by atoms with Gasteiger partial charge in [-0.2, -0.15) is 0 Å². The molecule has 0 unspecified atom stereocenters. The topological polar surface area (TPSA) is 9.23 Å². The van der Waals surface area contributed by atoms with E-state index in [1.807, 2.05) is 12.1 Å². The molecule has 1 aromatic carbocycles. The summed E-state index contributed by atoms with van der Waals surface area (Å²) in [5.74, 6) is 0.930. The summed E-state index contributed by atoms with van der Waals surface area (Å²) in [5, 5.41) is 0. The van der Waals surface area contributed by atoms with E-state index in [2.05, 4.69) is 30.1 Å². The van der Waals surface area contributed by atoms with Crippen LogP contribution in [0.5, 0.6) is 5.75 Å². The molecule has 0 amide bonds. The summed E-state index contributed by atoms with van der Waals surface area (Å²) in [7, 11) is 1.69. The van der Waals surface area contributed by atoms with E-state index in [9.17, 15) is 0 Å². The number of allylic oxidation sites excluding steroid dienone is 1. The third-order valence-corrected chi connectivity index (χ3v) is 3.43. The molecule has 0 bridgehead atoms. The molecule has 0 radical (unpaired) electrons. The van der Waals surface area contributed by atoms with Gasteiger partial charge >= 0.3 is 85.7 Å². The van der Waals surface area contributed by atoms with E-state index in [0.29, 0.717) is 15.0 Å². The summed E-state index contributed by atoms with van der Waals surface area (Å²) in [6.07, 6.45) is 3.34. The van der Waals surface area contributed by atoms with Crippen molar-refractivity contribution in [3.8, 4) is 5.75 Å². The second kappa shape index (κ2) is 5.85. The molecule has 0 aliphatic carbocycles. The number of ether oxygens (including phenoxy) is 1. The van der Waals surface area contributed by atoms with Crippen molar-refractivity contribution in [1.82, 2.24) is 0 Å². The normalized spacial score (nSPS) is 10.6. The van der Waals surface area contributed by atoms with E-state index in [1.165, 1.54) is 4.46 Å². The van der Waals surface area contributed by atoms with Crippen LogP contribution in [0.25, 0.3) is 0 Å². The van der Waals surface area contributed by atoms with Gasteiger partial charge in [0.15, 0.2) is 0 Å². The molecule has 0 aliphatic heterocycles. The predicted octanol–water partition coefficient (Wildman–Crippen LogP) is 1.95. The van der Waals surface area contributed by atoms with Gasteiger partial charge < -0.3 is 0 Å². The van der Waals surface area contributed by atoms with Crippen LogP contribution < -0.4 is 9.20 Å². The minimum atomic E-state index is 0.474. The molecule has 0 saturated carbocycles. The molecule has 0 fully saturated rings. The van der Waals surface area contributed by atoms with Crippen molar-refractivity contribution in [3.63, 3.8) is 0 Å². The first kappa shape index (κ1) is 10.4. The van der Waals surface area contributed by atoms with Gasteiger partial charge in [0.2, 0.25) is 0 Å². The van der Waals surface area contributed by atoms with Crippen molar-refractivity contribution in [3.05, 3.63) is 35.3 Å². The van der Waals surface area contributed by atoms with Crippen molar-refractivity contribution in [2.45, 2.75) is 13.3 Å². The van der Waals surface area contributed by atoms with Crippen molar-refractivity contribution in [2.75, 3.05) is 7.11 Å². The third-order valence-electron chi connectivity index (χ3n) is 1.60. The van der Waals surface area contributed by atoms with Gasteiger partial charge in [0.05, 0.1) is 0 Å². The first-order valence-electron chi connectivity index (χ1n) is 4.32. The van der Waals surface area contributed by atoms with Gasteiger partial charge in [0.1, 0.15) is 0 Å². The molecule has 0 saturated heterocycles. The van der Waals surface area contributed by atoms with Gasteiger partial charge in [0.25, 0.3) is 0 Å². The number of hydrogen-bond donors (Lipinski definition) is 0. The molecular weight excluding hydrogens is 227 g/mol. The first-order chi connectivity index (χ1) is 6.36. The summed E-state index contributed by atoms with van der Waals surface area (Å²) in [4.78, 5) is 2.26. The van der Waals surface area contributed by atoms with Gasteiger partial charge in [-0.05, 0) is 0 Å². The maximum absolute atomic E-state index is 5.08. The van der Waals surface area contributed by atoms with Crippen LogP contribution in [-0.4, -0.2) is 22.1 Å². The average Bonchev–Trinajstić information content (AvgIpc) is 2.19. The van der Waals surface area contributed by atoms with Crippen LogP contribution in [0.2, 0.25) is 0 Å². The van der Waals surface area contributed by atoms with E-state index in [4.69, 9.17) is 4.74 Å². The molecule has 0 atom stereocenters. The fourth-order valence-corrected chi connectivity index (χ4v) is 2.43. The fraction of sp³-hybridized carbons (Fsp3) is 0.273. The predicted molar refractivity (Wildman–Crippen MR) is 57.8 cm³/mol. The quantitative estimate of drug-likeness (QED) is 0.732. The zero-order valence-electron chi connectivity index (χ0n) is 7.99. The van der Waals surface area contributed by atoms with E-state index in [1.54, 1.807) is 7.11 Å². The average molecular weight is 241 g/mol. The molecule has 1 aromatic rings. The zero-order chi connectivity index (χ0) is 9.52.